The van der Waals surface area contributed by atoms with E-state index in [0.717, 1.165) is 13.1 Å². The molecule has 0 fully saturated rings. The fraction of sp³-hybridized carbons (Fsp3) is 0.467. The van der Waals surface area contributed by atoms with Crippen LogP contribution in [0.2, 0.25) is 0 Å². The summed E-state index contributed by atoms with van der Waals surface area (Å²) in [6.45, 7) is 8.55. The van der Waals surface area contributed by atoms with Gasteiger partial charge in [-0.3, -0.25) is 0 Å². The van der Waals surface area contributed by atoms with E-state index >= 15 is 0 Å². The van der Waals surface area contributed by atoms with Gasteiger partial charge in [0, 0.05) is 29.9 Å². The number of thiophene rings is 1. The van der Waals surface area contributed by atoms with Crippen molar-refractivity contribution in [2.75, 3.05) is 6.54 Å². The molecule has 1 heterocycles. The SMILES string of the molecule is CC(C)NCC(C)NCc1csc2ccccc12. The smallest absolute Gasteiger partial charge is 0.0346 e. The van der Waals surface area contributed by atoms with Crippen LogP contribution in [0.25, 0.3) is 10.1 Å². The first-order chi connectivity index (χ1) is 8.66. The van der Waals surface area contributed by atoms with E-state index in [1.807, 2.05) is 11.3 Å². The Hall–Kier alpha value is -0.900. The standard InChI is InChI=1S/C15H22N2S/c1-11(2)16-8-12(3)17-9-13-10-18-15-7-5-4-6-14(13)15/h4-7,10-12,16-17H,8-9H2,1-3H3. The molecule has 2 aromatic rings. The van der Waals surface area contributed by atoms with Gasteiger partial charge >= 0.3 is 0 Å². The molecule has 98 valence electrons. The van der Waals surface area contributed by atoms with Crippen LogP contribution in [0.3, 0.4) is 0 Å². The summed E-state index contributed by atoms with van der Waals surface area (Å²) in [5.74, 6) is 0. The van der Waals surface area contributed by atoms with Crippen LogP contribution in [0, 0.1) is 0 Å². The molecule has 1 aromatic carbocycles. The number of fused-ring (bicyclic) bond motifs is 1. The molecular weight excluding hydrogens is 240 g/mol. The van der Waals surface area contributed by atoms with Crippen LogP contribution >= 0.6 is 11.3 Å². The van der Waals surface area contributed by atoms with Gasteiger partial charge in [0.05, 0.1) is 0 Å². The Balaban J connectivity index is 1.90. The van der Waals surface area contributed by atoms with E-state index < -0.39 is 0 Å². The number of benzene rings is 1. The van der Waals surface area contributed by atoms with Gasteiger partial charge in [-0.05, 0) is 29.3 Å². The zero-order valence-corrected chi connectivity index (χ0v) is 12.2. The quantitative estimate of drug-likeness (QED) is 0.834. The van der Waals surface area contributed by atoms with Crippen molar-refractivity contribution in [3.8, 4) is 0 Å². The van der Waals surface area contributed by atoms with Crippen molar-refractivity contribution in [1.29, 1.82) is 0 Å². The number of nitrogens with one attached hydrogen (secondary N) is 2. The Bertz CT molecular complexity index is 490. The first-order valence-electron chi connectivity index (χ1n) is 6.58. The number of hydrogen-bond acceptors (Lipinski definition) is 3. The van der Waals surface area contributed by atoms with Crippen molar-refractivity contribution in [2.24, 2.45) is 0 Å². The van der Waals surface area contributed by atoms with Gasteiger partial charge < -0.3 is 10.6 Å². The lowest BCUT2D eigenvalue weighted by molar-refractivity contribution is 0.475. The maximum atomic E-state index is 3.58. The van der Waals surface area contributed by atoms with Gasteiger partial charge in [-0.25, -0.2) is 0 Å². The molecule has 2 nitrogen and oxygen atoms in total. The largest absolute Gasteiger partial charge is 0.313 e. The summed E-state index contributed by atoms with van der Waals surface area (Å²) in [5, 5.41) is 10.7. The van der Waals surface area contributed by atoms with Crippen LogP contribution in [-0.4, -0.2) is 18.6 Å². The molecule has 1 atom stereocenters. The van der Waals surface area contributed by atoms with Crippen LogP contribution < -0.4 is 10.6 Å². The van der Waals surface area contributed by atoms with E-state index in [9.17, 15) is 0 Å². The van der Waals surface area contributed by atoms with Crippen molar-refractivity contribution < 1.29 is 0 Å². The molecule has 0 radical (unpaired) electrons. The second kappa shape index (κ2) is 6.32. The van der Waals surface area contributed by atoms with Gasteiger partial charge in [0.15, 0.2) is 0 Å². The minimum atomic E-state index is 0.492. The molecule has 2 rings (SSSR count). The predicted octanol–water partition coefficient (Wildman–Crippen LogP) is 3.38. The maximum Gasteiger partial charge on any atom is 0.0346 e. The predicted molar refractivity (Wildman–Crippen MR) is 81.3 cm³/mol. The van der Waals surface area contributed by atoms with Crippen LogP contribution in [0.5, 0.6) is 0 Å². The van der Waals surface area contributed by atoms with Gasteiger partial charge in [-0.15, -0.1) is 11.3 Å². The molecule has 2 N–H and O–H groups in total. The Kier molecular flexibility index (Phi) is 4.75. The van der Waals surface area contributed by atoms with E-state index in [2.05, 4.69) is 61.1 Å². The summed E-state index contributed by atoms with van der Waals surface area (Å²) in [5.41, 5.74) is 1.41. The van der Waals surface area contributed by atoms with Crippen LogP contribution in [-0.2, 0) is 6.54 Å². The average molecular weight is 262 g/mol. The van der Waals surface area contributed by atoms with Crippen LogP contribution in [0.4, 0.5) is 0 Å². The van der Waals surface area contributed by atoms with Gasteiger partial charge in [0.2, 0.25) is 0 Å². The molecule has 0 spiro atoms. The van der Waals surface area contributed by atoms with Crippen molar-refractivity contribution in [3.63, 3.8) is 0 Å². The normalized spacial score (nSPS) is 13.3. The maximum absolute atomic E-state index is 3.58. The highest BCUT2D eigenvalue weighted by Gasteiger charge is 2.06. The van der Waals surface area contributed by atoms with Gasteiger partial charge in [-0.1, -0.05) is 32.0 Å². The molecule has 0 amide bonds. The third-order valence-electron chi connectivity index (χ3n) is 3.03. The molecule has 0 aliphatic carbocycles. The topological polar surface area (TPSA) is 24.1 Å². The molecule has 1 aromatic heterocycles. The molecule has 0 saturated carbocycles. The second-order valence-corrected chi connectivity index (χ2v) is 6.01. The lowest BCUT2D eigenvalue weighted by Gasteiger charge is -2.16. The second-order valence-electron chi connectivity index (χ2n) is 5.10. The number of rotatable bonds is 6. The summed E-state index contributed by atoms with van der Waals surface area (Å²) in [7, 11) is 0. The Morgan fingerprint density at radius 1 is 1.11 bits per heavy atom. The highest BCUT2D eigenvalue weighted by molar-refractivity contribution is 7.17. The van der Waals surface area contributed by atoms with E-state index in [-0.39, 0.29) is 0 Å². The van der Waals surface area contributed by atoms with Gasteiger partial charge in [-0.2, -0.15) is 0 Å². The van der Waals surface area contributed by atoms with E-state index in [4.69, 9.17) is 0 Å². The Morgan fingerprint density at radius 3 is 2.67 bits per heavy atom. The lowest BCUT2D eigenvalue weighted by Crippen LogP contribution is -2.38. The molecule has 18 heavy (non-hydrogen) atoms. The monoisotopic (exact) mass is 262 g/mol. The molecule has 0 aliphatic heterocycles. The van der Waals surface area contributed by atoms with Crippen LogP contribution in [0.1, 0.15) is 26.3 Å². The molecule has 0 saturated heterocycles. The zero-order chi connectivity index (χ0) is 13.0. The minimum Gasteiger partial charge on any atom is -0.313 e. The number of hydrogen-bond donors (Lipinski definition) is 2. The fourth-order valence-corrected chi connectivity index (χ4v) is 2.90. The summed E-state index contributed by atoms with van der Waals surface area (Å²) in [6.07, 6.45) is 0. The third kappa shape index (κ3) is 3.55. The van der Waals surface area contributed by atoms with Gasteiger partial charge in [0.25, 0.3) is 0 Å². The van der Waals surface area contributed by atoms with Crippen LogP contribution in [0.15, 0.2) is 29.6 Å². The minimum absolute atomic E-state index is 0.492. The fourth-order valence-electron chi connectivity index (χ4n) is 1.94. The zero-order valence-electron chi connectivity index (χ0n) is 11.4. The van der Waals surface area contributed by atoms with Gasteiger partial charge in [0.1, 0.15) is 0 Å². The molecule has 0 aliphatic rings. The summed E-state index contributed by atoms with van der Waals surface area (Å²) in [4.78, 5) is 0. The van der Waals surface area contributed by atoms with E-state index in [0.29, 0.717) is 12.1 Å². The molecular formula is C15H22N2S. The summed E-state index contributed by atoms with van der Waals surface area (Å²) >= 11 is 1.83. The van der Waals surface area contributed by atoms with Crippen molar-refractivity contribution in [1.82, 2.24) is 10.6 Å². The van der Waals surface area contributed by atoms with Crippen molar-refractivity contribution in [2.45, 2.75) is 39.4 Å². The first-order valence-corrected chi connectivity index (χ1v) is 7.46. The molecule has 3 heteroatoms. The van der Waals surface area contributed by atoms with Crippen molar-refractivity contribution in [3.05, 3.63) is 35.2 Å². The first kappa shape index (κ1) is 13.5. The Labute approximate surface area is 113 Å². The Morgan fingerprint density at radius 2 is 1.89 bits per heavy atom. The molecule has 1 unspecified atom stereocenters. The summed E-state index contributed by atoms with van der Waals surface area (Å²) in [6, 6.07) is 9.66. The average Bonchev–Trinajstić information content (AvgIpc) is 2.77. The third-order valence-corrected chi connectivity index (χ3v) is 4.05. The molecule has 0 bridgehead atoms. The van der Waals surface area contributed by atoms with Crippen molar-refractivity contribution >= 4 is 21.4 Å². The lowest BCUT2D eigenvalue weighted by atomic mass is 10.1. The highest BCUT2D eigenvalue weighted by Crippen LogP contribution is 2.25. The highest BCUT2D eigenvalue weighted by atomic mass is 32.1. The summed E-state index contributed by atoms with van der Waals surface area (Å²) < 4.78 is 1.38. The van der Waals surface area contributed by atoms with E-state index in [1.165, 1.54) is 15.6 Å². The van der Waals surface area contributed by atoms with E-state index in [1.54, 1.807) is 0 Å².